The SMILES string of the molecule is O=S(=O)(O[C@@H]1[C@@H]2OC[C@@H](O2)[C@@H](OCc2ccccc2)[C@@H]1OCc1ccccc1)C(F)(F)F. The molecule has 32 heavy (non-hydrogen) atoms. The Kier molecular flexibility index (Phi) is 6.84. The van der Waals surface area contributed by atoms with E-state index in [1.807, 2.05) is 30.3 Å². The van der Waals surface area contributed by atoms with Gasteiger partial charge in [-0.25, -0.2) is 0 Å². The van der Waals surface area contributed by atoms with Crippen LogP contribution in [0.25, 0.3) is 0 Å². The molecule has 2 saturated heterocycles. The first kappa shape index (κ1) is 23.1. The van der Waals surface area contributed by atoms with E-state index in [4.69, 9.17) is 18.9 Å². The Labute approximate surface area is 183 Å². The maximum absolute atomic E-state index is 13.0. The highest BCUT2D eigenvalue weighted by Crippen LogP contribution is 2.37. The standard InChI is InChI=1S/C21H21F3O7S/c22-21(23,24)32(25,26)31-19-18(28-12-15-9-5-2-6-10-15)17(16-13-29-20(19)30-16)27-11-14-7-3-1-4-8-14/h1-10,16-20H,11-13H2/t16-,17-,18+,19+,20-/m1/s1. The van der Waals surface area contributed by atoms with Crippen molar-refractivity contribution >= 4 is 10.1 Å². The maximum atomic E-state index is 13.0. The molecule has 2 fully saturated rings. The average molecular weight is 474 g/mol. The summed E-state index contributed by atoms with van der Waals surface area (Å²) in [5.41, 5.74) is -4.05. The van der Waals surface area contributed by atoms with Crippen molar-refractivity contribution in [1.82, 2.24) is 0 Å². The second-order valence-electron chi connectivity index (χ2n) is 7.36. The van der Waals surface area contributed by atoms with E-state index >= 15 is 0 Å². The largest absolute Gasteiger partial charge is 0.523 e. The van der Waals surface area contributed by atoms with Gasteiger partial charge in [0.05, 0.1) is 19.8 Å². The van der Waals surface area contributed by atoms with Crippen LogP contribution < -0.4 is 0 Å². The van der Waals surface area contributed by atoms with Crippen LogP contribution in [0.5, 0.6) is 0 Å². The second-order valence-corrected chi connectivity index (χ2v) is 8.92. The highest BCUT2D eigenvalue weighted by Gasteiger charge is 2.58. The molecular weight excluding hydrogens is 453 g/mol. The highest BCUT2D eigenvalue weighted by molar-refractivity contribution is 7.87. The van der Waals surface area contributed by atoms with Crippen molar-refractivity contribution in [2.24, 2.45) is 0 Å². The summed E-state index contributed by atoms with van der Waals surface area (Å²) in [5.74, 6) is 0. The van der Waals surface area contributed by atoms with Gasteiger partial charge in [0, 0.05) is 0 Å². The minimum Gasteiger partial charge on any atom is -0.368 e. The van der Waals surface area contributed by atoms with Crippen molar-refractivity contribution < 1.29 is 44.7 Å². The van der Waals surface area contributed by atoms with Gasteiger partial charge in [-0.3, -0.25) is 4.18 Å². The van der Waals surface area contributed by atoms with Crippen molar-refractivity contribution in [3.8, 4) is 0 Å². The van der Waals surface area contributed by atoms with E-state index in [2.05, 4.69) is 4.18 Å². The van der Waals surface area contributed by atoms with Gasteiger partial charge in [-0.2, -0.15) is 21.6 Å². The monoisotopic (exact) mass is 474 g/mol. The van der Waals surface area contributed by atoms with Crippen molar-refractivity contribution in [2.45, 2.75) is 49.4 Å². The van der Waals surface area contributed by atoms with Crippen LogP contribution in [-0.2, 0) is 46.5 Å². The van der Waals surface area contributed by atoms with E-state index in [0.717, 1.165) is 11.1 Å². The van der Waals surface area contributed by atoms with Gasteiger partial charge in [0.25, 0.3) is 0 Å². The molecule has 11 heteroatoms. The average Bonchev–Trinajstić information content (AvgIpc) is 3.20. The molecule has 2 heterocycles. The minimum absolute atomic E-state index is 0.00124. The lowest BCUT2D eigenvalue weighted by atomic mass is 10.0. The Bertz CT molecular complexity index is 985. The lowest BCUT2D eigenvalue weighted by Gasteiger charge is -2.39. The number of rotatable bonds is 8. The van der Waals surface area contributed by atoms with E-state index in [9.17, 15) is 21.6 Å². The zero-order valence-corrected chi connectivity index (χ0v) is 17.5. The highest BCUT2D eigenvalue weighted by atomic mass is 32.2. The third-order valence-electron chi connectivity index (χ3n) is 5.11. The number of fused-ring (bicyclic) bond motifs is 2. The second kappa shape index (κ2) is 9.46. The lowest BCUT2D eigenvalue weighted by molar-refractivity contribution is -0.248. The van der Waals surface area contributed by atoms with Gasteiger partial charge in [0.1, 0.15) is 18.3 Å². The number of halogens is 3. The van der Waals surface area contributed by atoms with Crippen LogP contribution in [0.15, 0.2) is 60.7 Å². The molecule has 2 aliphatic heterocycles. The summed E-state index contributed by atoms with van der Waals surface area (Å²) in [5, 5.41) is 0. The molecule has 0 aliphatic carbocycles. The first-order chi connectivity index (χ1) is 15.2. The molecular formula is C21H21F3O7S. The Morgan fingerprint density at radius 2 is 1.38 bits per heavy atom. The van der Waals surface area contributed by atoms with Crippen LogP contribution in [-0.4, -0.2) is 51.2 Å². The van der Waals surface area contributed by atoms with E-state index < -0.39 is 46.3 Å². The number of ether oxygens (including phenoxy) is 4. The van der Waals surface area contributed by atoms with Crippen molar-refractivity contribution in [2.75, 3.05) is 6.61 Å². The number of benzene rings is 2. The third-order valence-corrected chi connectivity index (χ3v) is 6.15. The molecule has 174 valence electrons. The van der Waals surface area contributed by atoms with Crippen LogP contribution in [0, 0.1) is 0 Å². The van der Waals surface area contributed by atoms with E-state index in [0.29, 0.717) is 0 Å². The van der Waals surface area contributed by atoms with E-state index in [1.165, 1.54) is 0 Å². The molecule has 2 aliphatic rings. The molecule has 4 rings (SSSR count). The first-order valence-electron chi connectivity index (χ1n) is 9.82. The lowest BCUT2D eigenvalue weighted by Crippen LogP contribution is -2.58. The summed E-state index contributed by atoms with van der Waals surface area (Å²) in [7, 11) is -5.92. The molecule has 2 aromatic carbocycles. The van der Waals surface area contributed by atoms with E-state index in [-0.39, 0.29) is 19.8 Å². The molecule has 2 bridgehead atoms. The first-order valence-corrected chi connectivity index (χ1v) is 11.2. The summed E-state index contributed by atoms with van der Waals surface area (Å²) >= 11 is 0. The number of hydrogen-bond donors (Lipinski definition) is 0. The Morgan fingerprint density at radius 3 is 1.91 bits per heavy atom. The van der Waals surface area contributed by atoms with Crippen molar-refractivity contribution in [3.63, 3.8) is 0 Å². The summed E-state index contributed by atoms with van der Waals surface area (Å²) in [6.45, 7) is 0.114. The predicted octanol–water partition coefficient (Wildman–Crippen LogP) is 3.15. The maximum Gasteiger partial charge on any atom is 0.523 e. The number of hydrogen-bond acceptors (Lipinski definition) is 7. The van der Waals surface area contributed by atoms with Gasteiger partial charge in [0.15, 0.2) is 12.4 Å². The fraction of sp³-hybridized carbons (Fsp3) is 0.429. The summed E-state index contributed by atoms with van der Waals surface area (Å²) in [6.07, 6.45) is -5.81. The molecule has 0 spiro atoms. The van der Waals surface area contributed by atoms with Gasteiger partial charge < -0.3 is 18.9 Å². The molecule has 0 amide bonds. The Morgan fingerprint density at radius 1 is 0.844 bits per heavy atom. The van der Waals surface area contributed by atoms with Crippen molar-refractivity contribution in [3.05, 3.63) is 71.8 Å². The molecule has 0 saturated carbocycles. The van der Waals surface area contributed by atoms with Crippen LogP contribution in [0.4, 0.5) is 13.2 Å². The fourth-order valence-corrected chi connectivity index (χ4v) is 4.17. The predicted molar refractivity (Wildman–Crippen MR) is 104 cm³/mol. The van der Waals surface area contributed by atoms with Crippen LogP contribution >= 0.6 is 0 Å². The number of alkyl halides is 3. The topological polar surface area (TPSA) is 80.3 Å². The summed E-state index contributed by atoms with van der Waals surface area (Å²) < 4.78 is 89.8. The van der Waals surface area contributed by atoms with Crippen LogP contribution in [0.3, 0.4) is 0 Å². The van der Waals surface area contributed by atoms with Gasteiger partial charge in [-0.05, 0) is 11.1 Å². The Hall–Kier alpha value is -2.02. The van der Waals surface area contributed by atoms with E-state index in [1.54, 1.807) is 30.3 Å². The van der Waals surface area contributed by atoms with Gasteiger partial charge in [0.2, 0.25) is 0 Å². The molecule has 5 atom stereocenters. The fourth-order valence-electron chi connectivity index (χ4n) is 3.56. The quantitative estimate of drug-likeness (QED) is 0.430. The summed E-state index contributed by atoms with van der Waals surface area (Å²) in [4.78, 5) is 0. The third kappa shape index (κ3) is 5.13. The normalized spacial score (nSPS) is 28.0. The molecule has 0 unspecified atom stereocenters. The molecule has 2 aromatic rings. The molecule has 0 radical (unpaired) electrons. The van der Waals surface area contributed by atoms with Gasteiger partial charge in [-0.1, -0.05) is 60.7 Å². The molecule has 7 nitrogen and oxygen atoms in total. The zero-order chi connectivity index (χ0) is 22.8. The molecule has 0 aromatic heterocycles. The van der Waals surface area contributed by atoms with Gasteiger partial charge in [-0.15, -0.1) is 0 Å². The van der Waals surface area contributed by atoms with Crippen LogP contribution in [0.2, 0.25) is 0 Å². The summed E-state index contributed by atoms with van der Waals surface area (Å²) in [6, 6.07) is 18.0. The smallest absolute Gasteiger partial charge is 0.368 e. The molecule has 0 N–H and O–H groups in total. The van der Waals surface area contributed by atoms with Crippen molar-refractivity contribution in [1.29, 1.82) is 0 Å². The van der Waals surface area contributed by atoms with Crippen LogP contribution in [0.1, 0.15) is 11.1 Å². The zero-order valence-electron chi connectivity index (χ0n) is 16.7. The minimum atomic E-state index is -5.92. The Balaban J connectivity index is 1.58. The van der Waals surface area contributed by atoms with Gasteiger partial charge >= 0.3 is 15.6 Å².